The highest BCUT2D eigenvalue weighted by molar-refractivity contribution is 5.44. The van der Waals surface area contributed by atoms with Crippen LogP contribution in [0.15, 0.2) is 12.1 Å². The summed E-state index contributed by atoms with van der Waals surface area (Å²) in [6, 6.07) is 4.68. The molecular weight excluding hydrogens is 360 g/mol. The summed E-state index contributed by atoms with van der Waals surface area (Å²) in [5.41, 5.74) is 4.17. The Bertz CT molecular complexity index is 570. The molecular formula is C24H42N4O. The molecule has 29 heavy (non-hydrogen) atoms. The Hall–Kier alpha value is -1.14. The van der Waals surface area contributed by atoms with Crippen molar-refractivity contribution in [3.8, 4) is 5.75 Å². The molecule has 0 saturated carbocycles. The number of methoxy groups -OCH3 is 1. The van der Waals surface area contributed by atoms with Crippen molar-refractivity contribution in [3.05, 3.63) is 28.8 Å². The van der Waals surface area contributed by atoms with Crippen LogP contribution >= 0.6 is 0 Å². The smallest absolute Gasteiger partial charge is 0.125 e. The molecule has 2 saturated heterocycles. The lowest BCUT2D eigenvalue weighted by Gasteiger charge is -2.32. The monoisotopic (exact) mass is 402 g/mol. The molecule has 0 atom stereocenters. The number of nitrogens with zero attached hydrogens (tertiary/aromatic N) is 4. The molecule has 0 amide bonds. The second-order valence-electron chi connectivity index (χ2n) is 9.11. The summed E-state index contributed by atoms with van der Waals surface area (Å²) in [5.74, 6) is 1.15. The van der Waals surface area contributed by atoms with Crippen molar-refractivity contribution in [1.29, 1.82) is 0 Å². The highest BCUT2D eigenvalue weighted by atomic mass is 16.5. The number of benzene rings is 1. The predicted octanol–water partition coefficient (Wildman–Crippen LogP) is 2.36. The first-order valence-electron chi connectivity index (χ1n) is 11.5. The van der Waals surface area contributed by atoms with Crippen LogP contribution in [0.25, 0.3) is 0 Å². The molecule has 0 bridgehead atoms. The van der Waals surface area contributed by atoms with Gasteiger partial charge in [0.2, 0.25) is 0 Å². The van der Waals surface area contributed by atoms with Crippen molar-refractivity contribution < 1.29 is 4.74 Å². The molecule has 2 aliphatic rings. The molecule has 3 rings (SSSR count). The lowest BCUT2D eigenvalue weighted by Crippen LogP contribution is -2.44. The molecule has 1 aromatic carbocycles. The van der Waals surface area contributed by atoms with E-state index in [1.807, 2.05) is 7.11 Å². The number of aryl methyl sites for hydroxylation is 3. The van der Waals surface area contributed by atoms with E-state index >= 15 is 0 Å². The molecule has 2 heterocycles. The zero-order valence-corrected chi connectivity index (χ0v) is 19.3. The van der Waals surface area contributed by atoms with Crippen LogP contribution in [0.1, 0.15) is 29.5 Å². The largest absolute Gasteiger partial charge is 0.496 e. The molecule has 0 aliphatic carbocycles. The fourth-order valence-corrected chi connectivity index (χ4v) is 4.69. The molecule has 164 valence electrons. The van der Waals surface area contributed by atoms with Crippen LogP contribution in [-0.4, -0.2) is 106 Å². The van der Waals surface area contributed by atoms with E-state index in [0.29, 0.717) is 0 Å². The zero-order chi connectivity index (χ0) is 20.6. The Balaban J connectivity index is 1.50. The van der Waals surface area contributed by atoms with Gasteiger partial charge in [-0.15, -0.1) is 0 Å². The van der Waals surface area contributed by atoms with Crippen molar-refractivity contribution in [2.24, 2.45) is 0 Å². The normalized spacial score (nSPS) is 20.3. The quantitative estimate of drug-likeness (QED) is 0.631. The zero-order valence-electron chi connectivity index (χ0n) is 19.3. The summed E-state index contributed by atoms with van der Waals surface area (Å²) in [4.78, 5) is 10.1. The number of hydrogen-bond donors (Lipinski definition) is 0. The summed E-state index contributed by atoms with van der Waals surface area (Å²) < 4.78 is 5.90. The van der Waals surface area contributed by atoms with Gasteiger partial charge < -0.3 is 24.3 Å². The van der Waals surface area contributed by atoms with Gasteiger partial charge in [0.05, 0.1) is 7.11 Å². The SMILES string of the molecule is COc1c(CCCN2CCN(C)CC2)cc(C)cc1CCCN1CCN(C)CC1. The van der Waals surface area contributed by atoms with Crippen LogP contribution in [0, 0.1) is 6.92 Å². The fourth-order valence-electron chi connectivity index (χ4n) is 4.69. The number of hydrogen-bond acceptors (Lipinski definition) is 5. The van der Waals surface area contributed by atoms with Gasteiger partial charge in [0.1, 0.15) is 5.75 Å². The van der Waals surface area contributed by atoms with Crippen LogP contribution in [0.4, 0.5) is 0 Å². The highest BCUT2D eigenvalue weighted by Crippen LogP contribution is 2.28. The maximum absolute atomic E-state index is 5.90. The maximum atomic E-state index is 5.90. The minimum absolute atomic E-state index is 1.11. The molecule has 0 N–H and O–H groups in total. The van der Waals surface area contributed by atoms with Gasteiger partial charge in [-0.2, -0.15) is 0 Å². The summed E-state index contributed by atoms with van der Waals surface area (Å²) >= 11 is 0. The lowest BCUT2D eigenvalue weighted by molar-refractivity contribution is 0.152. The second-order valence-corrected chi connectivity index (χ2v) is 9.11. The molecule has 0 unspecified atom stereocenters. The van der Waals surface area contributed by atoms with Crippen molar-refractivity contribution >= 4 is 0 Å². The van der Waals surface area contributed by atoms with Crippen molar-refractivity contribution in [3.63, 3.8) is 0 Å². The van der Waals surface area contributed by atoms with Gasteiger partial charge in [0.15, 0.2) is 0 Å². The van der Waals surface area contributed by atoms with Crippen LogP contribution in [0.3, 0.4) is 0 Å². The van der Waals surface area contributed by atoms with E-state index in [1.165, 1.54) is 95.0 Å². The predicted molar refractivity (Wildman–Crippen MR) is 122 cm³/mol. The van der Waals surface area contributed by atoms with Gasteiger partial charge in [-0.05, 0) is 70.9 Å². The molecule has 5 nitrogen and oxygen atoms in total. The maximum Gasteiger partial charge on any atom is 0.125 e. The van der Waals surface area contributed by atoms with Crippen LogP contribution in [0.5, 0.6) is 5.75 Å². The fraction of sp³-hybridized carbons (Fsp3) is 0.750. The molecule has 5 heteroatoms. The lowest BCUT2D eigenvalue weighted by atomic mass is 9.98. The molecule has 1 aromatic rings. The Labute approximate surface area is 178 Å². The molecule has 2 fully saturated rings. The Kier molecular flexibility index (Phi) is 8.79. The first-order valence-corrected chi connectivity index (χ1v) is 11.5. The third-order valence-electron chi connectivity index (χ3n) is 6.62. The van der Waals surface area contributed by atoms with Gasteiger partial charge in [-0.3, -0.25) is 0 Å². The van der Waals surface area contributed by atoms with E-state index < -0.39 is 0 Å². The minimum atomic E-state index is 1.11. The van der Waals surface area contributed by atoms with E-state index in [2.05, 4.69) is 52.8 Å². The summed E-state index contributed by atoms with van der Waals surface area (Å²) in [7, 11) is 6.29. The first-order chi connectivity index (χ1) is 14.0. The molecule has 0 spiro atoms. The van der Waals surface area contributed by atoms with Gasteiger partial charge in [0.25, 0.3) is 0 Å². The van der Waals surface area contributed by atoms with E-state index in [-0.39, 0.29) is 0 Å². The Morgan fingerprint density at radius 3 is 1.52 bits per heavy atom. The van der Waals surface area contributed by atoms with Crippen molar-refractivity contribution in [1.82, 2.24) is 19.6 Å². The summed E-state index contributed by atoms with van der Waals surface area (Å²) in [5, 5.41) is 0. The van der Waals surface area contributed by atoms with Gasteiger partial charge in [-0.1, -0.05) is 17.7 Å². The van der Waals surface area contributed by atoms with E-state index in [9.17, 15) is 0 Å². The number of piperazine rings is 2. The Morgan fingerprint density at radius 2 is 1.14 bits per heavy atom. The summed E-state index contributed by atoms with van der Waals surface area (Å²) in [6.45, 7) is 14.3. The molecule has 0 aromatic heterocycles. The summed E-state index contributed by atoms with van der Waals surface area (Å²) in [6.07, 6.45) is 4.65. The first kappa shape index (κ1) is 22.5. The van der Waals surface area contributed by atoms with Crippen molar-refractivity contribution in [2.75, 3.05) is 86.7 Å². The minimum Gasteiger partial charge on any atom is -0.496 e. The van der Waals surface area contributed by atoms with Gasteiger partial charge in [-0.25, -0.2) is 0 Å². The van der Waals surface area contributed by atoms with E-state index in [0.717, 1.165) is 18.6 Å². The Morgan fingerprint density at radius 1 is 0.724 bits per heavy atom. The second kappa shape index (κ2) is 11.3. The number of ether oxygens (including phenoxy) is 1. The average molecular weight is 403 g/mol. The van der Waals surface area contributed by atoms with Crippen LogP contribution in [0.2, 0.25) is 0 Å². The van der Waals surface area contributed by atoms with Crippen LogP contribution in [-0.2, 0) is 12.8 Å². The van der Waals surface area contributed by atoms with Gasteiger partial charge in [0, 0.05) is 52.4 Å². The van der Waals surface area contributed by atoms with Gasteiger partial charge >= 0.3 is 0 Å². The van der Waals surface area contributed by atoms with E-state index in [1.54, 1.807) is 0 Å². The average Bonchev–Trinajstić information content (AvgIpc) is 2.71. The number of likely N-dealkylation sites (N-methyl/N-ethyl adjacent to an activating group) is 2. The van der Waals surface area contributed by atoms with Crippen molar-refractivity contribution in [2.45, 2.75) is 32.6 Å². The molecule has 2 aliphatic heterocycles. The van der Waals surface area contributed by atoms with E-state index in [4.69, 9.17) is 4.74 Å². The molecule has 0 radical (unpaired) electrons. The highest BCUT2D eigenvalue weighted by Gasteiger charge is 2.16. The standard InChI is InChI=1S/C24H42N4O/c1-21-19-22(7-5-9-27-15-11-25(2)12-16-27)24(29-4)23(20-21)8-6-10-28-17-13-26(3)14-18-28/h19-20H,5-18H2,1-4H3. The third-order valence-corrected chi connectivity index (χ3v) is 6.62. The number of rotatable bonds is 9. The third kappa shape index (κ3) is 6.95. The van der Waals surface area contributed by atoms with Crippen LogP contribution < -0.4 is 4.74 Å². The topological polar surface area (TPSA) is 22.2 Å².